The van der Waals surface area contributed by atoms with Crippen molar-refractivity contribution in [1.82, 2.24) is 14.9 Å². The number of thioether (sulfide) groups is 1. The first-order valence-electron chi connectivity index (χ1n) is 8.65. The van der Waals surface area contributed by atoms with Gasteiger partial charge in [0, 0.05) is 11.4 Å². The van der Waals surface area contributed by atoms with E-state index < -0.39 is 0 Å². The molecule has 3 aromatic rings. The number of H-pyrrole nitrogens is 1. The summed E-state index contributed by atoms with van der Waals surface area (Å²) in [5.41, 5.74) is 3.22. The highest BCUT2D eigenvalue weighted by Gasteiger charge is 2.31. The molecule has 1 aliphatic rings. The zero-order valence-corrected chi connectivity index (χ0v) is 15.1. The fourth-order valence-electron chi connectivity index (χ4n) is 3.42. The van der Waals surface area contributed by atoms with Crippen LogP contribution in [-0.2, 0) is 4.79 Å². The molecule has 0 bridgehead atoms. The van der Waals surface area contributed by atoms with E-state index in [0.717, 1.165) is 36.2 Å². The lowest BCUT2D eigenvalue weighted by Crippen LogP contribution is -2.32. The normalized spacial score (nSPS) is 17.3. The molecule has 1 aromatic heterocycles. The van der Waals surface area contributed by atoms with Gasteiger partial charge in [-0.15, -0.1) is 11.8 Å². The van der Waals surface area contributed by atoms with Gasteiger partial charge in [0.2, 0.25) is 5.91 Å². The summed E-state index contributed by atoms with van der Waals surface area (Å²) in [4.78, 5) is 24.1. The van der Waals surface area contributed by atoms with Crippen LogP contribution in [0.5, 0.6) is 0 Å². The number of amides is 1. The zero-order valence-electron chi connectivity index (χ0n) is 14.2. The van der Waals surface area contributed by atoms with Gasteiger partial charge in [-0.25, -0.2) is 4.98 Å². The first-order chi connectivity index (χ1) is 12.2. The van der Waals surface area contributed by atoms with Gasteiger partial charge in [-0.3, -0.25) is 4.79 Å². The molecule has 0 radical (unpaired) electrons. The molecule has 4 nitrogen and oxygen atoms in total. The maximum atomic E-state index is 12.8. The van der Waals surface area contributed by atoms with Gasteiger partial charge >= 0.3 is 0 Å². The van der Waals surface area contributed by atoms with Crippen molar-refractivity contribution >= 4 is 28.7 Å². The maximum absolute atomic E-state index is 12.8. The lowest BCUT2D eigenvalue weighted by atomic mass is 10.2. The quantitative estimate of drug-likeness (QED) is 0.712. The zero-order chi connectivity index (χ0) is 17.2. The van der Waals surface area contributed by atoms with Crippen molar-refractivity contribution < 1.29 is 4.79 Å². The van der Waals surface area contributed by atoms with E-state index in [2.05, 4.69) is 24.0 Å². The van der Waals surface area contributed by atoms with Crippen molar-refractivity contribution in [2.45, 2.75) is 30.7 Å². The topological polar surface area (TPSA) is 49.0 Å². The average Bonchev–Trinajstić information content (AvgIpc) is 3.27. The lowest BCUT2D eigenvalue weighted by molar-refractivity contribution is -0.129. The molecular weight excluding hydrogens is 330 g/mol. The molecule has 2 aromatic carbocycles. The Labute approximate surface area is 151 Å². The minimum Gasteiger partial charge on any atom is -0.340 e. The molecule has 2 heterocycles. The van der Waals surface area contributed by atoms with E-state index in [-0.39, 0.29) is 11.9 Å². The lowest BCUT2D eigenvalue weighted by Gasteiger charge is -2.23. The van der Waals surface area contributed by atoms with Gasteiger partial charge in [-0.1, -0.05) is 30.3 Å². The minimum atomic E-state index is 0.0670. The van der Waals surface area contributed by atoms with Crippen LogP contribution in [-0.4, -0.2) is 33.1 Å². The summed E-state index contributed by atoms with van der Waals surface area (Å²) < 4.78 is 0. The van der Waals surface area contributed by atoms with Crippen LogP contribution in [0.25, 0.3) is 11.0 Å². The second kappa shape index (κ2) is 6.92. The summed E-state index contributed by atoms with van der Waals surface area (Å²) in [6.45, 7) is 2.90. The van der Waals surface area contributed by atoms with E-state index in [4.69, 9.17) is 4.98 Å². The molecule has 25 heavy (non-hydrogen) atoms. The highest BCUT2D eigenvalue weighted by molar-refractivity contribution is 8.00. The Morgan fingerprint density at radius 2 is 2.04 bits per heavy atom. The highest BCUT2D eigenvalue weighted by atomic mass is 32.2. The molecule has 1 N–H and O–H groups in total. The SMILES string of the molecule is Cc1ccccc1SCC(=O)N1CCCC1c1nc2ccccc2[nH]1. The van der Waals surface area contributed by atoms with Gasteiger partial charge in [0.15, 0.2) is 0 Å². The first-order valence-corrected chi connectivity index (χ1v) is 9.63. The Hall–Kier alpha value is -2.27. The molecule has 4 rings (SSSR count). The van der Waals surface area contributed by atoms with Crippen molar-refractivity contribution in [3.63, 3.8) is 0 Å². The molecule has 0 saturated carbocycles. The molecule has 1 fully saturated rings. The number of carbonyl (C=O) groups excluding carboxylic acids is 1. The molecule has 0 aliphatic carbocycles. The standard InChI is InChI=1S/C20H21N3OS/c1-14-7-2-5-11-18(14)25-13-19(24)23-12-6-10-17(23)20-21-15-8-3-4-9-16(15)22-20/h2-5,7-9,11,17H,6,10,12-13H2,1H3,(H,21,22). The predicted molar refractivity (Wildman–Crippen MR) is 102 cm³/mol. The summed E-state index contributed by atoms with van der Waals surface area (Å²) in [6, 6.07) is 16.3. The molecule has 1 aliphatic heterocycles. The number of aromatic nitrogens is 2. The summed E-state index contributed by atoms with van der Waals surface area (Å²) >= 11 is 1.62. The fraction of sp³-hybridized carbons (Fsp3) is 0.300. The van der Waals surface area contributed by atoms with E-state index >= 15 is 0 Å². The molecule has 128 valence electrons. The summed E-state index contributed by atoms with van der Waals surface area (Å²) in [5.74, 6) is 1.57. The molecule has 1 saturated heterocycles. The second-order valence-corrected chi connectivity index (χ2v) is 7.46. The summed E-state index contributed by atoms with van der Waals surface area (Å²) in [7, 11) is 0. The van der Waals surface area contributed by atoms with Crippen molar-refractivity contribution in [3.05, 3.63) is 59.9 Å². The van der Waals surface area contributed by atoms with Crippen LogP contribution in [0.1, 0.15) is 30.3 Å². The number of hydrogen-bond acceptors (Lipinski definition) is 3. The molecule has 0 spiro atoms. The smallest absolute Gasteiger partial charge is 0.233 e. The number of nitrogens with zero attached hydrogens (tertiary/aromatic N) is 2. The molecular formula is C20H21N3OS. The average molecular weight is 351 g/mol. The number of para-hydroxylation sites is 2. The number of fused-ring (bicyclic) bond motifs is 1. The van der Waals surface area contributed by atoms with Gasteiger partial charge in [0.05, 0.1) is 22.8 Å². The van der Waals surface area contributed by atoms with Gasteiger partial charge in [0.1, 0.15) is 5.82 Å². The van der Waals surface area contributed by atoms with Crippen molar-refractivity contribution in [2.75, 3.05) is 12.3 Å². The number of imidazole rings is 1. The largest absolute Gasteiger partial charge is 0.340 e. The minimum absolute atomic E-state index is 0.0670. The van der Waals surface area contributed by atoms with Crippen molar-refractivity contribution in [3.8, 4) is 0 Å². The van der Waals surface area contributed by atoms with E-state index in [0.29, 0.717) is 5.75 Å². The van der Waals surface area contributed by atoms with Crippen LogP contribution in [0.15, 0.2) is 53.4 Å². The van der Waals surface area contributed by atoms with Crippen LogP contribution in [0.4, 0.5) is 0 Å². The third kappa shape index (κ3) is 3.29. The van der Waals surface area contributed by atoms with Crippen LogP contribution >= 0.6 is 11.8 Å². The molecule has 1 unspecified atom stereocenters. The Morgan fingerprint density at radius 1 is 1.24 bits per heavy atom. The second-order valence-electron chi connectivity index (χ2n) is 6.44. The van der Waals surface area contributed by atoms with Gasteiger partial charge in [0.25, 0.3) is 0 Å². The number of benzene rings is 2. The van der Waals surface area contributed by atoms with Gasteiger partial charge < -0.3 is 9.88 Å². The summed E-state index contributed by atoms with van der Waals surface area (Å²) in [6.07, 6.45) is 2.00. The molecule has 1 amide bonds. The Bertz CT molecular complexity index is 872. The Kier molecular flexibility index (Phi) is 4.49. The van der Waals surface area contributed by atoms with E-state index in [1.807, 2.05) is 41.3 Å². The maximum Gasteiger partial charge on any atom is 0.233 e. The predicted octanol–water partition coefficient (Wildman–Crippen LogP) is 4.33. The number of aryl methyl sites for hydroxylation is 1. The Balaban J connectivity index is 1.49. The number of carbonyl (C=O) groups is 1. The van der Waals surface area contributed by atoms with E-state index in [1.165, 1.54) is 10.5 Å². The van der Waals surface area contributed by atoms with Crippen molar-refractivity contribution in [1.29, 1.82) is 0 Å². The van der Waals surface area contributed by atoms with Gasteiger partial charge in [-0.2, -0.15) is 0 Å². The molecule has 5 heteroatoms. The van der Waals surface area contributed by atoms with Crippen molar-refractivity contribution in [2.24, 2.45) is 0 Å². The van der Waals surface area contributed by atoms with Crippen LogP contribution in [0.3, 0.4) is 0 Å². The van der Waals surface area contributed by atoms with Gasteiger partial charge in [-0.05, 0) is 43.5 Å². The molecule has 1 atom stereocenters. The number of hydrogen-bond donors (Lipinski definition) is 1. The number of nitrogens with one attached hydrogen (secondary N) is 1. The highest BCUT2D eigenvalue weighted by Crippen LogP contribution is 2.32. The van der Waals surface area contributed by atoms with E-state index in [9.17, 15) is 4.79 Å². The van der Waals surface area contributed by atoms with Crippen LogP contribution in [0, 0.1) is 6.92 Å². The van der Waals surface area contributed by atoms with E-state index in [1.54, 1.807) is 11.8 Å². The first kappa shape index (κ1) is 16.2. The fourth-order valence-corrected chi connectivity index (χ4v) is 4.34. The van der Waals surface area contributed by atoms with Crippen LogP contribution < -0.4 is 0 Å². The number of rotatable bonds is 4. The summed E-state index contributed by atoms with van der Waals surface area (Å²) in [5, 5.41) is 0. The van der Waals surface area contributed by atoms with Crippen LogP contribution in [0.2, 0.25) is 0 Å². The number of aromatic amines is 1. The Morgan fingerprint density at radius 3 is 2.88 bits per heavy atom. The number of likely N-dealkylation sites (tertiary alicyclic amines) is 1. The third-order valence-corrected chi connectivity index (χ3v) is 5.90. The third-order valence-electron chi connectivity index (χ3n) is 4.74. The monoisotopic (exact) mass is 351 g/mol.